The predicted molar refractivity (Wildman–Crippen MR) is 66.2 cm³/mol. The molecule has 0 radical (unpaired) electrons. The van der Waals surface area contributed by atoms with Gasteiger partial charge in [0.15, 0.2) is 5.82 Å². The van der Waals surface area contributed by atoms with Crippen LogP contribution in [0.4, 0.5) is 5.69 Å². The standard InChI is InChI=1S/C9H7ClN4O4S/c1-5-4-6(2-3-7(5)14(15)16)8-11-9(13-12-8)19(10,17)18/h2-4H,1H3,(H,11,12,13). The smallest absolute Gasteiger partial charge is 0.258 e. The lowest BCUT2D eigenvalue weighted by atomic mass is 10.1. The molecule has 0 aliphatic heterocycles. The summed E-state index contributed by atoms with van der Waals surface area (Å²) in [6.45, 7) is 1.56. The van der Waals surface area contributed by atoms with E-state index < -0.39 is 19.1 Å². The molecule has 2 aromatic rings. The second-order valence-electron chi connectivity index (χ2n) is 3.66. The van der Waals surface area contributed by atoms with Crippen LogP contribution in [0.15, 0.2) is 23.4 Å². The van der Waals surface area contributed by atoms with Crippen LogP contribution in [0.5, 0.6) is 0 Å². The van der Waals surface area contributed by atoms with Crippen molar-refractivity contribution in [1.29, 1.82) is 0 Å². The van der Waals surface area contributed by atoms with Crippen molar-refractivity contribution in [2.45, 2.75) is 12.1 Å². The molecule has 0 aliphatic carbocycles. The Hall–Kier alpha value is -2.00. The SMILES string of the molecule is Cc1cc(-c2n[nH]c(S(=O)(=O)Cl)n2)ccc1[N+](=O)[O-]. The Labute approximate surface area is 112 Å². The Kier molecular flexibility index (Phi) is 3.25. The molecule has 19 heavy (non-hydrogen) atoms. The van der Waals surface area contributed by atoms with E-state index in [1.165, 1.54) is 18.2 Å². The van der Waals surface area contributed by atoms with Gasteiger partial charge in [-0.1, -0.05) is 0 Å². The van der Waals surface area contributed by atoms with Gasteiger partial charge in [0.05, 0.1) is 4.92 Å². The van der Waals surface area contributed by atoms with Gasteiger partial charge in [-0.3, -0.25) is 10.1 Å². The second kappa shape index (κ2) is 4.59. The molecule has 0 aliphatic rings. The largest absolute Gasteiger partial charge is 0.296 e. The Balaban J connectivity index is 2.46. The van der Waals surface area contributed by atoms with E-state index in [4.69, 9.17) is 10.7 Å². The fourth-order valence-corrected chi connectivity index (χ4v) is 2.04. The number of nitrogens with one attached hydrogen (secondary N) is 1. The molecule has 10 heteroatoms. The van der Waals surface area contributed by atoms with Crippen LogP contribution in [-0.4, -0.2) is 28.5 Å². The first kappa shape index (κ1) is 13.4. The molecule has 1 N–H and O–H groups in total. The lowest BCUT2D eigenvalue weighted by Crippen LogP contribution is -1.93. The first-order valence-electron chi connectivity index (χ1n) is 4.91. The van der Waals surface area contributed by atoms with Crippen molar-refractivity contribution in [2.24, 2.45) is 0 Å². The molecule has 0 amide bonds. The molecular formula is C9H7ClN4O4S. The van der Waals surface area contributed by atoms with E-state index >= 15 is 0 Å². The van der Waals surface area contributed by atoms with Gasteiger partial charge < -0.3 is 0 Å². The van der Waals surface area contributed by atoms with Crippen molar-refractivity contribution >= 4 is 25.4 Å². The van der Waals surface area contributed by atoms with Gasteiger partial charge in [-0.15, -0.1) is 0 Å². The second-order valence-corrected chi connectivity index (χ2v) is 6.14. The molecule has 2 rings (SSSR count). The minimum absolute atomic E-state index is 0.0375. The Morgan fingerprint density at radius 2 is 2.11 bits per heavy atom. The van der Waals surface area contributed by atoms with Crippen molar-refractivity contribution in [3.63, 3.8) is 0 Å². The predicted octanol–water partition coefficient (Wildman–Crippen LogP) is 1.62. The number of nitro groups is 1. The van der Waals surface area contributed by atoms with Gasteiger partial charge in [-0.2, -0.15) is 10.1 Å². The maximum Gasteiger partial charge on any atom is 0.296 e. The highest BCUT2D eigenvalue weighted by atomic mass is 35.7. The van der Waals surface area contributed by atoms with Gasteiger partial charge in [-0.05, 0) is 19.1 Å². The molecule has 0 saturated carbocycles. The van der Waals surface area contributed by atoms with E-state index in [1.54, 1.807) is 6.92 Å². The summed E-state index contributed by atoms with van der Waals surface area (Å²) in [5.41, 5.74) is 0.831. The van der Waals surface area contributed by atoms with Gasteiger partial charge in [0.2, 0.25) is 0 Å². The molecule has 0 fully saturated rings. The number of benzene rings is 1. The van der Waals surface area contributed by atoms with Crippen molar-refractivity contribution in [2.75, 3.05) is 0 Å². The number of H-pyrrole nitrogens is 1. The van der Waals surface area contributed by atoms with Crippen molar-refractivity contribution in [3.05, 3.63) is 33.9 Å². The molecular weight excluding hydrogens is 296 g/mol. The van der Waals surface area contributed by atoms with Crippen molar-refractivity contribution in [3.8, 4) is 11.4 Å². The third-order valence-corrected chi connectivity index (χ3v) is 3.43. The van der Waals surface area contributed by atoms with Crippen molar-refractivity contribution < 1.29 is 13.3 Å². The molecule has 0 unspecified atom stereocenters. The Morgan fingerprint density at radius 3 is 2.58 bits per heavy atom. The number of aromatic amines is 1. The number of aryl methyl sites for hydroxylation is 1. The minimum Gasteiger partial charge on any atom is -0.258 e. The molecule has 0 spiro atoms. The molecule has 0 atom stereocenters. The summed E-state index contributed by atoms with van der Waals surface area (Å²) >= 11 is 0. The molecule has 1 aromatic carbocycles. The van der Waals surface area contributed by atoms with Crippen LogP contribution in [0, 0.1) is 17.0 Å². The topological polar surface area (TPSA) is 119 Å². The number of rotatable bonds is 3. The summed E-state index contributed by atoms with van der Waals surface area (Å²) in [4.78, 5) is 13.9. The number of nitro benzene ring substituents is 1. The van der Waals surface area contributed by atoms with Gasteiger partial charge in [0, 0.05) is 27.9 Å². The Bertz CT molecular complexity index is 755. The van der Waals surface area contributed by atoms with Crippen molar-refractivity contribution in [1.82, 2.24) is 15.2 Å². The number of hydrogen-bond donors (Lipinski definition) is 1. The molecule has 8 nitrogen and oxygen atoms in total. The fraction of sp³-hybridized carbons (Fsp3) is 0.111. The van der Waals surface area contributed by atoms with E-state index in [0.717, 1.165) is 0 Å². The van der Waals surface area contributed by atoms with Crippen LogP contribution in [0.3, 0.4) is 0 Å². The van der Waals surface area contributed by atoms with Gasteiger partial charge in [0.1, 0.15) is 0 Å². The molecule has 1 heterocycles. The summed E-state index contributed by atoms with van der Waals surface area (Å²) in [6.07, 6.45) is 0. The van der Waals surface area contributed by atoms with E-state index in [0.29, 0.717) is 11.1 Å². The average molecular weight is 303 g/mol. The zero-order valence-corrected chi connectivity index (χ0v) is 11.1. The Morgan fingerprint density at radius 1 is 1.42 bits per heavy atom. The third kappa shape index (κ3) is 2.71. The van der Waals surface area contributed by atoms with Crippen LogP contribution in [0.2, 0.25) is 0 Å². The van der Waals surface area contributed by atoms with Crippen LogP contribution in [-0.2, 0) is 9.05 Å². The molecule has 0 bridgehead atoms. The average Bonchev–Trinajstić information content (AvgIpc) is 2.76. The lowest BCUT2D eigenvalue weighted by Gasteiger charge is -1.99. The van der Waals surface area contributed by atoms with E-state index in [-0.39, 0.29) is 11.5 Å². The molecule has 1 aromatic heterocycles. The van der Waals surface area contributed by atoms with Crippen LogP contribution in [0.25, 0.3) is 11.4 Å². The quantitative estimate of drug-likeness (QED) is 0.522. The van der Waals surface area contributed by atoms with Gasteiger partial charge >= 0.3 is 0 Å². The summed E-state index contributed by atoms with van der Waals surface area (Å²) in [6, 6.07) is 4.22. The van der Waals surface area contributed by atoms with Crippen LogP contribution in [0.1, 0.15) is 5.56 Å². The lowest BCUT2D eigenvalue weighted by molar-refractivity contribution is -0.385. The summed E-state index contributed by atoms with van der Waals surface area (Å²) < 4.78 is 22.1. The summed E-state index contributed by atoms with van der Waals surface area (Å²) in [7, 11) is 1.12. The number of halogens is 1. The van der Waals surface area contributed by atoms with E-state index in [2.05, 4.69) is 15.2 Å². The van der Waals surface area contributed by atoms with E-state index in [9.17, 15) is 18.5 Å². The highest BCUT2D eigenvalue weighted by Gasteiger charge is 2.18. The highest BCUT2D eigenvalue weighted by Crippen LogP contribution is 2.24. The number of nitrogens with zero attached hydrogens (tertiary/aromatic N) is 3. The molecule has 0 saturated heterocycles. The van der Waals surface area contributed by atoms with E-state index in [1.807, 2.05) is 0 Å². The maximum absolute atomic E-state index is 11.0. The van der Waals surface area contributed by atoms with Gasteiger partial charge in [-0.25, -0.2) is 13.5 Å². The van der Waals surface area contributed by atoms with Gasteiger partial charge in [0.25, 0.3) is 19.9 Å². The fourth-order valence-electron chi connectivity index (χ4n) is 1.48. The maximum atomic E-state index is 11.0. The summed E-state index contributed by atoms with van der Waals surface area (Å²) in [5.74, 6) is 0.0947. The minimum atomic E-state index is -3.99. The monoisotopic (exact) mass is 302 g/mol. The summed E-state index contributed by atoms with van der Waals surface area (Å²) in [5, 5.41) is 16.1. The normalized spacial score (nSPS) is 11.5. The number of hydrogen-bond acceptors (Lipinski definition) is 6. The molecule has 100 valence electrons. The van der Waals surface area contributed by atoms with Crippen LogP contribution >= 0.6 is 10.7 Å². The first-order valence-corrected chi connectivity index (χ1v) is 7.22. The first-order chi connectivity index (χ1) is 8.79. The third-order valence-electron chi connectivity index (χ3n) is 2.35. The number of aromatic nitrogens is 3. The van der Waals surface area contributed by atoms with Crippen LogP contribution < -0.4 is 0 Å². The zero-order valence-electron chi connectivity index (χ0n) is 9.49. The highest BCUT2D eigenvalue weighted by molar-refractivity contribution is 8.13. The zero-order chi connectivity index (χ0) is 14.2.